The quantitative estimate of drug-likeness (QED) is 0.799. The normalized spacial score (nSPS) is 16.4. The highest BCUT2D eigenvalue weighted by Crippen LogP contribution is 2.15. The number of H-pyrrole nitrogens is 1. The molecule has 0 bridgehead atoms. The number of nitrogens with one attached hydrogen (secondary N) is 1. The van der Waals surface area contributed by atoms with Gasteiger partial charge in [-0.15, -0.1) is 5.10 Å². The minimum absolute atomic E-state index is 0.00954. The van der Waals surface area contributed by atoms with E-state index in [2.05, 4.69) is 15.2 Å². The fourth-order valence-electron chi connectivity index (χ4n) is 2.12. The molecular formula is C12H18N4O4. The van der Waals surface area contributed by atoms with Crippen LogP contribution < -0.4 is 0 Å². The predicted molar refractivity (Wildman–Crippen MR) is 68.3 cm³/mol. The van der Waals surface area contributed by atoms with Crippen molar-refractivity contribution in [2.24, 2.45) is 0 Å². The van der Waals surface area contributed by atoms with Crippen molar-refractivity contribution in [2.45, 2.75) is 32.3 Å². The molecule has 1 aliphatic rings. The van der Waals surface area contributed by atoms with Crippen LogP contribution in [0.15, 0.2) is 0 Å². The Hall–Kier alpha value is -1.96. The van der Waals surface area contributed by atoms with Gasteiger partial charge in [0.25, 0.3) is 5.91 Å². The number of ether oxygens (including phenoxy) is 1. The van der Waals surface area contributed by atoms with Crippen LogP contribution in [-0.4, -0.2) is 62.9 Å². The zero-order valence-corrected chi connectivity index (χ0v) is 11.3. The van der Waals surface area contributed by atoms with E-state index in [1.807, 2.05) is 0 Å². The van der Waals surface area contributed by atoms with Crippen LogP contribution in [0, 0.1) is 6.92 Å². The molecule has 0 aromatic carbocycles. The van der Waals surface area contributed by atoms with Gasteiger partial charge in [0.2, 0.25) is 5.82 Å². The van der Waals surface area contributed by atoms with Crippen LogP contribution in [0.5, 0.6) is 0 Å². The Morgan fingerprint density at radius 3 is 2.70 bits per heavy atom. The Morgan fingerprint density at radius 1 is 1.45 bits per heavy atom. The number of aryl methyl sites for hydroxylation is 1. The van der Waals surface area contributed by atoms with Gasteiger partial charge in [0.05, 0.1) is 19.1 Å². The lowest BCUT2D eigenvalue weighted by molar-refractivity contribution is -0.138. The lowest BCUT2D eigenvalue weighted by atomic mass is 10.1. The van der Waals surface area contributed by atoms with E-state index in [0.717, 1.165) is 0 Å². The molecule has 8 heteroatoms. The summed E-state index contributed by atoms with van der Waals surface area (Å²) in [7, 11) is 0. The number of aromatic amines is 1. The maximum Gasteiger partial charge on any atom is 0.305 e. The Kier molecular flexibility index (Phi) is 4.67. The average Bonchev–Trinajstić information content (AvgIpc) is 2.85. The number of aromatic nitrogens is 3. The van der Waals surface area contributed by atoms with Crippen LogP contribution in [0.2, 0.25) is 0 Å². The number of amides is 1. The zero-order valence-electron chi connectivity index (χ0n) is 11.3. The first-order valence-electron chi connectivity index (χ1n) is 6.58. The monoisotopic (exact) mass is 282 g/mol. The van der Waals surface area contributed by atoms with Gasteiger partial charge in [-0.25, -0.2) is 4.98 Å². The van der Waals surface area contributed by atoms with Crippen molar-refractivity contribution < 1.29 is 19.4 Å². The number of aliphatic carboxylic acids is 1. The van der Waals surface area contributed by atoms with E-state index in [1.54, 1.807) is 11.8 Å². The molecule has 2 N–H and O–H groups in total. The number of hydrogen-bond donors (Lipinski definition) is 2. The van der Waals surface area contributed by atoms with Crippen LogP contribution in [-0.2, 0) is 9.53 Å². The summed E-state index contributed by atoms with van der Waals surface area (Å²) in [6.07, 6.45) is 1.44. The van der Waals surface area contributed by atoms with E-state index in [9.17, 15) is 9.59 Å². The van der Waals surface area contributed by atoms with Gasteiger partial charge in [0.15, 0.2) is 0 Å². The summed E-state index contributed by atoms with van der Waals surface area (Å²) >= 11 is 0. The third-order valence-electron chi connectivity index (χ3n) is 3.19. The van der Waals surface area contributed by atoms with E-state index in [1.165, 1.54) is 0 Å². The Morgan fingerprint density at radius 2 is 2.15 bits per heavy atom. The van der Waals surface area contributed by atoms with Crippen LogP contribution in [0.25, 0.3) is 0 Å². The predicted octanol–water partition coefficient (Wildman–Crippen LogP) is 0.209. The molecule has 2 rings (SSSR count). The molecule has 1 aliphatic heterocycles. The molecular weight excluding hydrogens is 264 g/mol. The van der Waals surface area contributed by atoms with Gasteiger partial charge in [-0.2, -0.15) is 0 Å². The van der Waals surface area contributed by atoms with Gasteiger partial charge in [0, 0.05) is 13.1 Å². The van der Waals surface area contributed by atoms with Crippen LogP contribution in [0.3, 0.4) is 0 Å². The summed E-state index contributed by atoms with van der Waals surface area (Å²) in [5, 5.41) is 15.0. The number of piperidine rings is 1. The van der Waals surface area contributed by atoms with E-state index >= 15 is 0 Å². The van der Waals surface area contributed by atoms with Crippen LogP contribution in [0.1, 0.15) is 35.7 Å². The first-order chi connectivity index (χ1) is 9.56. The first-order valence-corrected chi connectivity index (χ1v) is 6.58. The highest BCUT2D eigenvalue weighted by molar-refractivity contribution is 5.90. The number of carboxylic acids is 1. The topological polar surface area (TPSA) is 108 Å². The highest BCUT2D eigenvalue weighted by Gasteiger charge is 2.26. The highest BCUT2D eigenvalue weighted by atomic mass is 16.5. The fraction of sp³-hybridized carbons (Fsp3) is 0.667. The van der Waals surface area contributed by atoms with Crippen LogP contribution in [0.4, 0.5) is 0 Å². The van der Waals surface area contributed by atoms with Crippen molar-refractivity contribution in [3.05, 3.63) is 11.6 Å². The summed E-state index contributed by atoms with van der Waals surface area (Å²) in [5.74, 6) is -0.246. The van der Waals surface area contributed by atoms with E-state index in [-0.39, 0.29) is 30.9 Å². The van der Waals surface area contributed by atoms with Crippen molar-refractivity contribution in [3.8, 4) is 0 Å². The molecule has 1 amide bonds. The summed E-state index contributed by atoms with van der Waals surface area (Å²) in [6, 6.07) is 0. The second kappa shape index (κ2) is 6.47. The first kappa shape index (κ1) is 14.4. The number of rotatable bonds is 5. The molecule has 1 saturated heterocycles. The van der Waals surface area contributed by atoms with Gasteiger partial charge in [-0.3, -0.25) is 14.7 Å². The zero-order chi connectivity index (χ0) is 14.5. The summed E-state index contributed by atoms with van der Waals surface area (Å²) < 4.78 is 5.48. The third kappa shape index (κ3) is 3.77. The Bertz CT molecular complexity index is 480. The van der Waals surface area contributed by atoms with Gasteiger partial charge in [0.1, 0.15) is 5.82 Å². The molecule has 110 valence electrons. The molecule has 0 saturated carbocycles. The summed E-state index contributed by atoms with van der Waals surface area (Å²) in [4.78, 5) is 28.2. The smallest absolute Gasteiger partial charge is 0.305 e. The Balaban J connectivity index is 1.76. The van der Waals surface area contributed by atoms with Gasteiger partial charge in [-0.05, 0) is 19.8 Å². The average molecular weight is 282 g/mol. The van der Waals surface area contributed by atoms with Gasteiger partial charge in [-0.1, -0.05) is 0 Å². The number of likely N-dealkylation sites (tertiary alicyclic amines) is 1. The minimum atomic E-state index is -0.863. The second-order valence-corrected chi connectivity index (χ2v) is 4.75. The molecule has 1 aromatic heterocycles. The van der Waals surface area contributed by atoms with Crippen molar-refractivity contribution in [2.75, 3.05) is 19.7 Å². The second-order valence-electron chi connectivity index (χ2n) is 4.75. The fourth-order valence-corrected chi connectivity index (χ4v) is 2.12. The standard InChI is InChI=1S/C12H18N4O4/c1-8-13-11(15-14-8)12(19)16-5-2-9(3-6-16)20-7-4-10(17)18/h9H,2-7H2,1H3,(H,17,18)(H,13,14,15). The maximum atomic E-state index is 12.1. The number of carbonyl (C=O) groups is 2. The third-order valence-corrected chi connectivity index (χ3v) is 3.19. The van der Waals surface area contributed by atoms with E-state index < -0.39 is 5.97 Å². The summed E-state index contributed by atoms with van der Waals surface area (Å²) in [5.41, 5.74) is 0. The molecule has 1 aromatic rings. The molecule has 20 heavy (non-hydrogen) atoms. The molecule has 0 spiro atoms. The van der Waals surface area contributed by atoms with E-state index in [4.69, 9.17) is 9.84 Å². The number of nitrogens with zero attached hydrogens (tertiary/aromatic N) is 3. The van der Waals surface area contributed by atoms with Gasteiger partial charge >= 0.3 is 5.97 Å². The minimum Gasteiger partial charge on any atom is -0.481 e. The number of carbonyl (C=O) groups excluding carboxylic acids is 1. The molecule has 0 unspecified atom stereocenters. The van der Waals surface area contributed by atoms with E-state index in [0.29, 0.717) is 31.8 Å². The molecule has 0 aliphatic carbocycles. The Labute approximate surface area is 116 Å². The van der Waals surface area contributed by atoms with Crippen molar-refractivity contribution >= 4 is 11.9 Å². The largest absolute Gasteiger partial charge is 0.481 e. The SMILES string of the molecule is Cc1nc(C(=O)N2CCC(OCCC(=O)O)CC2)n[nH]1. The lowest BCUT2D eigenvalue weighted by Crippen LogP contribution is -2.41. The van der Waals surface area contributed by atoms with Crippen LogP contribution >= 0.6 is 0 Å². The van der Waals surface area contributed by atoms with Gasteiger partial charge < -0.3 is 14.7 Å². The maximum absolute atomic E-state index is 12.1. The molecule has 0 atom stereocenters. The molecule has 8 nitrogen and oxygen atoms in total. The lowest BCUT2D eigenvalue weighted by Gasteiger charge is -2.31. The van der Waals surface area contributed by atoms with Crippen molar-refractivity contribution in [3.63, 3.8) is 0 Å². The van der Waals surface area contributed by atoms with Crippen molar-refractivity contribution in [1.82, 2.24) is 20.1 Å². The summed E-state index contributed by atoms with van der Waals surface area (Å²) in [6.45, 7) is 3.11. The molecule has 1 fully saturated rings. The number of hydrogen-bond acceptors (Lipinski definition) is 5. The van der Waals surface area contributed by atoms with Crippen molar-refractivity contribution in [1.29, 1.82) is 0 Å². The number of carboxylic acid groups (broad SMARTS) is 1. The molecule has 0 radical (unpaired) electrons. The molecule has 2 heterocycles.